The molecule has 0 fully saturated rings. The summed E-state index contributed by atoms with van der Waals surface area (Å²) < 4.78 is 13.2. The Labute approximate surface area is 119 Å². The van der Waals surface area contributed by atoms with Crippen LogP contribution in [0.25, 0.3) is 0 Å². The van der Waals surface area contributed by atoms with Gasteiger partial charge in [-0.25, -0.2) is 9.18 Å². The third-order valence-corrected chi connectivity index (χ3v) is 2.88. The van der Waals surface area contributed by atoms with Crippen LogP contribution in [0.4, 0.5) is 21.5 Å². The molecule has 0 atom stereocenters. The second-order valence-electron chi connectivity index (χ2n) is 4.38. The van der Waals surface area contributed by atoms with Gasteiger partial charge in [-0.2, -0.15) is 0 Å². The van der Waals surface area contributed by atoms with Crippen LogP contribution in [0, 0.1) is 22.9 Å². The molecule has 2 rings (SSSR count). The van der Waals surface area contributed by atoms with E-state index in [-0.39, 0.29) is 22.8 Å². The Morgan fingerprint density at radius 3 is 2.57 bits per heavy atom. The highest BCUT2D eigenvalue weighted by molar-refractivity contribution is 5.96. The molecule has 2 N–H and O–H groups in total. The van der Waals surface area contributed by atoms with Gasteiger partial charge in [-0.15, -0.1) is 0 Å². The average molecular weight is 290 g/mol. The van der Waals surface area contributed by atoms with Crippen LogP contribution in [0.15, 0.2) is 36.4 Å². The van der Waals surface area contributed by atoms with E-state index in [1.54, 1.807) is 6.92 Å². The first-order valence-electron chi connectivity index (χ1n) is 5.93. The SMILES string of the molecule is Cc1cc(Nc2ccc([N+](=O)[O-])cc2C(=O)O)ccc1F. The molecule has 0 spiro atoms. The van der Waals surface area contributed by atoms with Gasteiger partial charge in [0, 0.05) is 17.8 Å². The lowest BCUT2D eigenvalue weighted by Gasteiger charge is -2.10. The number of nitrogens with one attached hydrogen (secondary N) is 1. The summed E-state index contributed by atoms with van der Waals surface area (Å²) in [6, 6.07) is 7.70. The van der Waals surface area contributed by atoms with Crippen LogP contribution in [0.2, 0.25) is 0 Å². The van der Waals surface area contributed by atoms with Gasteiger partial charge in [-0.05, 0) is 36.8 Å². The molecule has 0 bridgehead atoms. The van der Waals surface area contributed by atoms with E-state index in [4.69, 9.17) is 5.11 Å². The minimum atomic E-state index is -1.29. The van der Waals surface area contributed by atoms with Crippen molar-refractivity contribution in [1.29, 1.82) is 0 Å². The highest BCUT2D eigenvalue weighted by Gasteiger charge is 2.16. The number of aromatic carboxylic acids is 1. The number of halogens is 1. The van der Waals surface area contributed by atoms with Crippen molar-refractivity contribution in [3.8, 4) is 0 Å². The normalized spacial score (nSPS) is 10.2. The predicted octanol–water partition coefficient (Wildman–Crippen LogP) is 3.48. The Hall–Kier alpha value is -2.96. The molecule has 0 heterocycles. The van der Waals surface area contributed by atoms with E-state index in [0.717, 1.165) is 6.07 Å². The van der Waals surface area contributed by atoms with E-state index in [9.17, 15) is 19.3 Å². The zero-order valence-corrected chi connectivity index (χ0v) is 11.0. The largest absolute Gasteiger partial charge is 0.478 e. The molecule has 0 aromatic heterocycles. The Morgan fingerprint density at radius 2 is 2.00 bits per heavy atom. The van der Waals surface area contributed by atoms with Gasteiger partial charge < -0.3 is 10.4 Å². The monoisotopic (exact) mass is 290 g/mol. The van der Waals surface area contributed by atoms with Crippen LogP contribution < -0.4 is 5.32 Å². The van der Waals surface area contributed by atoms with E-state index >= 15 is 0 Å². The summed E-state index contributed by atoms with van der Waals surface area (Å²) in [4.78, 5) is 21.2. The first-order chi connectivity index (χ1) is 9.88. The third kappa shape index (κ3) is 3.14. The number of carboxylic acids is 1. The zero-order chi connectivity index (χ0) is 15.6. The Morgan fingerprint density at radius 1 is 1.29 bits per heavy atom. The number of nitrogens with zero attached hydrogens (tertiary/aromatic N) is 1. The quantitative estimate of drug-likeness (QED) is 0.664. The lowest BCUT2D eigenvalue weighted by molar-refractivity contribution is -0.384. The fraction of sp³-hybridized carbons (Fsp3) is 0.0714. The Balaban J connectivity index is 2.41. The number of carbonyl (C=O) groups is 1. The maximum Gasteiger partial charge on any atom is 0.338 e. The van der Waals surface area contributed by atoms with E-state index in [0.29, 0.717) is 11.3 Å². The van der Waals surface area contributed by atoms with Crippen molar-refractivity contribution in [2.75, 3.05) is 5.32 Å². The van der Waals surface area contributed by atoms with E-state index in [2.05, 4.69) is 5.32 Å². The molecular formula is C14H11FN2O4. The molecule has 6 nitrogen and oxygen atoms in total. The number of anilines is 2. The maximum absolute atomic E-state index is 13.2. The van der Waals surface area contributed by atoms with Crippen LogP contribution in [0.5, 0.6) is 0 Å². The molecule has 0 aliphatic heterocycles. The number of non-ortho nitro benzene ring substituents is 1. The van der Waals surface area contributed by atoms with Crippen LogP contribution >= 0.6 is 0 Å². The molecule has 108 valence electrons. The van der Waals surface area contributed by atoms with Crippen molar-refractivity contribution >= 4 is 23.0 Å². The summed E-state index contributed by atoms with van der Waals surface area (Å²) in [6.07, 6.45) is 0. The molecule has 2 aromatic carbocycles. The smallest absolute Gasteiger partial charge is 0.338 e. The van der Waals surface area contributed by atoms with Gasteiger partial charge in [-0.3, -0.25) is 10.1 Å². The molecule has 0 radical (unpaired) electrons. The number of hydrogen-bond donors (Lipinski definition) is 2. The fourth-order valence-electron chi connectivity index (χ4n) is 1.81. The molecule has 0 aliphatic rings. The minimum Gasteiger partial charge on any atom is -0.478 e. The van der Waals surface area contributed by atoms with Gasteiger partial charge in [0.05, 0.1) is 16.2 Å². The van der Waals surface area contributed by atoms with Crippen LogP contribution in [0.3, 0.4) is 0 Å². The van der Waals surface area contributed by atoms with Gasteiger partial charge in [0.25, 0.3) is 5.69 Å². The number of benzene rings is 2. The second kappa shape index (κ2) is 5.58. The molecule has 0 saturated carbocycles. The maximum atomic E-state index is 13.2. The van der Waals surface area contributed by atoms with Gasteiger partial charge in [0.2, 0.25) is 0 Å². The third-order valence-electron chi connectivity index (χ3n) is 2.88. The van der Waals surface area contributed by atoms with Gasteiger partial charge in [-0.1, -0.05) is 0 Å². The molecule has 2 aromatic rings. The summed E-state index contributed by atoms with van der Waals surface area (Å²) in [5.74, 6) is -1.66. The number of nitro groups is 1. The van der Waals surface area contributed by atoms with Crippen LogP contribution in [-0.2, 0) is 0 Å². The first kappa shape index (κ1) is 14.4. The molecule has 0 saturated heterocycles. The zero-order valence-electron chi connectivity index (χ0n) is 11.0. The average Bonchev–Trinajstić information content (AvgIpc) is 2.43. The number of nitro benzene ring substituents is 1. The highest BCUT2D eigenvalue weighted by atomic mass is 19.1. The van der Waals surface area contributed by atoms with E-state index in [1.807, 2.05) is 0 Å². The number of rotatable bonds is 4. The lowest BCUT2D eigenvalue weighted by atomic mass is 10.1. The summed E-state index contributed by atoms with van der Waals surface area (Å²) in [5.41, 5.74) is 0.544. The standard InChI is InChI=1S/C14H11FN2O4/c1-8-6-9(2-4-12(8)15)16-13-5-3-10(17(20)21)7-11(13)14(18)19/h2-7,16H,1H3,(H,18,19). The molecule has 0 amide bonds. The first-order valence-corrected chi connectivity index (χ1v) is 5.93. The van der Waals surface area contributed by atoms with Crippen molar-refractivity contribution in [2.45, 2.75) is 6.92 Å². The fourth-order valence-corrected chi connectivity index (χ4v) is 1.81. The van der Waals surface area contributed by atoms with E-state index < -0.39 is 10.9 Å². The summed E-state index contributed by atoms with van der Waals surface area (Å²) in [6.45, 7) is 1.58. The van der Waals surface area contributed by atoms with E-state index in [1.165, 1.54) is 30.3 Å². The van der Waals surface area contributed by atoms with Crippen LogP contribution in [-0.4, -0.2) is 16.0 Å². The molecule has 7 heteroatoms. The molecule has 0 unspecified atom stereocenters. The highest BCUT2D eigenvalue weighted by Crippen LogP contribution is 2.26. The van der Waals surface area contributed by atoms with Crippen molar-refractivity contribution in [1.82, 2.24) is 0 Å². The summed E-state index contributed by atoms with van der Waals surface area (Å²) in [5, 5.41) is 22.6. The number of aryl methyl sites for hydroxylation is 1. The lowest BCUT2D eigenvalue weighted by Crippen LogP contribution is -2.04. The second-order valence-corrected chi connectivity index (χ2v) is 4.38. The molecular weight excluding hydrogens is 279 g/mol. The van der Waals surface area contributed by atoms with Crippen molar-refractivity contribution in [3.05, 3.63) is 63.5 Å². The Kier molecular flexibility index (Phi) is 3.84. The Bertz CT molecular complexity index is 731. The van der Waals surface area contributed by atoms with Crippen LogP contribution in [0.1, 0.15) is 15.9 Å². The minimum absolute atomic E-state index is 0.194. The van der Waals surface area contributed by atoms with Crippen molar-refractivity contribution < 1.29 is 19.2 Å². The van der Waals surface area contributed by atoms with Crippen molar-refractivity contribution in [3.63, 3.8) is 0 Å². The van der Waals surface area contributed by atoms with Gasteiger partial charge in [0.15, 0.2) is 0 Å². The molecule has 21 heavy (non-hydrogen) atoms. The topological polar surface area (TPSA) is 92.5 Å². The van der Waals surface area contributed by atoms with Crippen molar-refractivity contribution in [2.24, 2.45) is 0 Å². The molecule has 0 aliphatic carbocycles. The number of carboxylic acid groups (broad SMARTS) is 1. The summed E-state index contributed by atoms with van der Waals surface area (Å²) >= 11 is 0. The number of hydrogen-bond acceptors (Lipinski definition) is 4. The predicted molar refractivity (Wildman–Crippen MR) is 74.5 cm³/mol. The van der Waals surface area contributed by atoms with Gasteiger partial charge in [0.1, 0.15) is 5.82 Å². The summed E-state index contributed by atoms with van der Waals surface area (Å²) in [7, 11) is 0. The van der Waals surface area contributed by atoms with Gasteiger partial charge >= 0.3 is 5.97 Å².